The molecule has 0 bridgehead atoms. The standard InChI is InChI=1S/C14H17ClN4S/c1-9-12(13(15)19(3)17-9)8-18(2)11-6-4-10(5-7-11)14(16)20/h4-7H,8H2,1-3H3,(H2,16,20). The Morgan fingerprint density at radius 1 is 1.40 bits per heavy atom. The van der Waals surface area contributed by atoms with Crippen molar-refractivity contribution in [3.05, 3.63) is 46.2 Å². The number of benzene rings is 1. The zero-order valence-corrected chi connectivity index (χ0v) is 13.3. The quantitative estimate of drug-likeness (QED) is 0.882. The van der Waals surface area contributed by atoms with Crippen LogP contribution in [0.1, 0.15) is 16.8 Å². The van der Waals surface area contributed by atoms with Gasteiger partial charge in [0.1, 0.15) is 10.1 Å². The van der Waals surface area contributed by atoms with Crippen molar-refractivity contribution < 1.29 is 0 Å². The second kappa shape index (κ2) is 5.81. The average molecular weight is 309 g/mol. The second-order valence-electron chi connectivity index (χ2n) is 4.75. The van der Waals surface area contributed by atoms with E-state index in [9.17, 15) is 0 Å². The highest BCUT2D eigenvalue weighted by Crippen LogP contribution is 2.23. The molecule has 0 aliphatic rings. The normalized spacial score (nSPS) is 10.6. The average Bonchev–Trinajstić information content (AvgIpc) is 2.65. The summed E-state index contributed by atoms with van der Waals surface area (Å²) in [6.45, 7) is 2.66. The zero-order valence-electron chi connectivity index (χ0n) is 11.7. The minimum Gasteiger partial charge on any atom is -0.389 e. The summed E-state index contributed by atoms with van der Waals surface area (Å²) in [4.78, 5) is 2.52. The first-order valence-electron chi connectivity index (χ1n) is 6.19. The van der Waals surface area contributed by atoms with Gasteiger partial charge in [-0.25, -0.2) is 0 Å². The molecular formula is C14H17ClN4S. The molecule has 2 aromatic rings. The van der Waals surface area contributed by atoms with Gasteiger partial charge in [0.25, 0.3) is 0 Å². The lowest BCUT2D eigenvalue weighted by atomic mass is 10.2. The van der Waals surface area contributed by atoms with Gasteiger partial charge in [-0.1, -0.05) is 23.8 Å². The Morgan fingerprint density at radius 3 is 2.45 bits per heavy atom. The SMILES string of the molecule is Cc1nn(C)c(Cl)c1CN(C)c1ccc(C(N)=S)cc1. The molecule has 2 rings (SSSR count). The smallest absolute Gasteiger partial charge is 0.131 e. The van der Waals surface area contributed by atoms with E-state index in [0.29, 0.717) is 16.7 Å². The fourth-order valence-corrected chi connectivity index (χ4v) is 2.43. The number of halogens is 1. The number of hydrogen-bond acceptors (Lipinski definition) is 3. The number of hydrogen-bond donors (Lipinski definition) is 1. The van der Waals surface area contributed by atoms with E-state index in [0.717, 1.165) is 22.5 Å². The monoisotopic (exact) mass is 308 g/mol. The van der Waals surface area contributed by atoms with Crippen LogP contribution >= 0.6 is 23.8 Å². The molecule has 0 radical (unpaired) electrons. The van der Waals surface area contributed by atoms with E-state index in [1.807, 2.05) is 45.3 Å². The summed E-state index contributed by atoms with van der Waals surface area (Å²) in [6, 6.07) is 7.83. The summed E-state index contributed by atoms with van der Waals surface area (Å²) in [5.41, 5.74) is 9.52. The van der Waals surface area contributed by atoms with Gasteiger partial charge in [-0.2, -0.15) is 5.10 Å². The first-order valence-corrected chi connectivity index (χ1v) is 6.97. The Kier molecular flexibility index (Phi) is 4.30. The number of anilines is 1. The van der Waals surface area contributed by atoms with Crippen LogP contribution < -0.4 is 10.6 Å². The molecule has 0 aliphatic heterocycles. The summed E-state index contributed by atoms with van der Waals surface area (Å²) < 4.78 is 1.69. The summed E-state index contributed by atoms with van der Waals surface area (Å²) in [6.07, 6.45) is 0. The highest BCUT2D eigenvalue weighted by atomic mass is 35.5. The van der Waals surface area contributed by atoms with Gasteiger partial charge >= 0.3 is 0 Å². The predicted octanol–water partition coefficient (Wildman–Crippen LogP) is 2.65. The van der Waals surface area contributed by atoms with Gasteiger partial charge < -0.3 is 10.6 Å². The lowest BCUT2D eigenvalue weighted by molar-refractivity contribution is 0.757. The van der Waals surface area contributed by atoms with Gasteiger partial charge in [0.05, 0.1) is 5.69 Å². The molecule has 0 unspecified atom stereocenters. The van der Waals surface area contributed by atoms with Crippen molar-refractivity contribution in [2.45, 2.75) is 13.5 Å². The van der Waals surface area contributed by atoms with Crippen molar-refractivity contribution in [3.63, 3.8) is 0 Å². The van der Waals surface area contributed by atoms with Crippen molar-refractivity contribution in [1.29, 1.82) is 0 Å². The Hall–Kier alpha value is -1.59. The van der Waals surface area contributed by atoms with Gasteiger partial charge in [0.15, 0.2) is 0 Å². The van der Waals surface area contributed by atoms with Gasteiger partial charge in [0, 0.05) is 37.5 Å². The Morgan fingerprint density at radius 2 is 2.00 bits per heavy atom. The molecule has 2 N–H and O–H groups in total. The minimum absolute atomic E-state index is 0.408. The third-order valence-corrected chi connectivity index (χ3v) is 3.97. The fraction of sp³-hybridized carbons (Fsp3) is 0.286. The van der Waals surface area contributed by atoms with Gasteiger partial charge in [-0.15, -0.1) is 0 Å². The highest BCUT2D eigenvalue weighted by Gasteiger charge is 2.13. The molecule has 0 atom stereocenters. The van der Waals surface area contributed by atoms with Crippen LogP contribution in [0.15, 0.2) is 24.3 Å². The summed E-state index contributed by atoms with van der Waals surface area (Å²) >= 11 is 11.2. The third kappa shape index (κ3) is 2.94. The molecule has 0 amide bonds. The number of rotatable bonds is 4. The summed E-state index contributed by atoms with van der Waals surface area (Å²) in [7, 11) is 3.86. The Bertz CT molecular complexity index is 633. The first kappa shape index (κ1) is 14.8. The fourth-order valence-electron chi connectivity index (χ4n) is 2.06. The van der Waals surface area contributed by atoms with Crippen LogP contribution in [0, 0.1) is 6.92 Å². The number of nitrogens with two attached hydrogens (primary N) is 1. The Labute approximate surface area is 129 Å². The summed E-state index contributed by atoms with van der Waals surface area (Å²) in [5.74, 6) is 0. The summed E-state index contributed by atoms with van der Waals surface area (Å²) in [5, 5.41) is 4.99. The van der Waals surface area contributed by atoms with Gasteiger partial charge in [-0.3, -0.25) is 4.68 Å². The van der Waals surface area contributed by atoms with Crippen molar-refractivity contribution in [2.24, 2.45) is 12.8 Å². The van der Waals surface area contributed by atoms with E-state index >= 15 is 0 Å². The maximum Gasteiger partial charge on any atom is 0.131 e. The molecule has 0 fully saturated rings. The van der Waals surface area contributed by atoms with E-state index < -0.39 is 0 Å². The molecule has 0 saturated carbocycles. The first-order chi connectivity index (χ1) is 9.40. The molecule has 20 heavy (non-hydrogen) atoms. The Balaban J connectivity index is 2.19. The largest absolute Gasteiger partial charge is 0.389 e. The molecular weight excluding hydrogens is 292 g/mol. The van der Waals surface area contributed by atoms with Crippen molar-refractivity contribution in [3.8, 4) is 0 Å². The van der Waals surface area contributed by atoms with Gasteiger partial charge in [-0.05, 0) is 31.2 Å². The van der Waals surface area contributed by atoms with Crippen LogP contribution in [-0.2, 0) is 13.6 Å². The van der Waals surface area contributed by atoms with Crippen molar-refractivity contribution in [2.75, 3.05) is 11.9 Å². The lowest BCUT2D eigenvalue weighted by Gasteiger charge is -2.19. The van der Waals surface area contributed by atoms with Crippen LogP contribution in [0.3, 0.4) is 0 Å². The molecule has 0 aliphatic carbocycles. The number of aryl methyl sites for hydroxylation is 2. The topological polar surface area (TPSA) is 47.1 Å². The molecule has 4 nitrogen and oxygen atoms in total. The lowest BCUT2D eigenvalue weighted by Crippen LogP contribution is -2.17. The predicted molar refractivity (Wildman–Crippen MR) is 87.4 cm³/mol. The number of thiocarbonyl (C=S) groups is 1. The van der Waals surface area contributed by atoms with Crippen LogP contribution in [0.4, 0.5) is 5.69 Å². The van der Waals surface area contributed by atoms with Crippen LogP contribution in [0.25, 0.3) is 0 Å². The van der Waals surface area contributed by atoms with Gasteiger partial charge in [0.2, 0.25) is 0 Å². The van der Waals surface area contributed by atoms with Crippen molar-refractivity contribution in [1.82, 2.24) is 9.78 Å². The number of nitrogens with zero attached hydrogens (tertiary/aromatic N) is 3. The molecule has 1 heterocycles. The third-order valence-electron chi connectivity index (χ3n) is 3.26. The molecule has 6 heteroatoms. The van der Waals surface area contributed by atoms with Crippen LogP contribution in [0.5, 0.6) is 0 Å². The minimum atomic E-state index is 0.408. The van der Waals surface area contributed by atoms with E-state index in [2.05, 4.69) is 10.00 Å². The van der Waals surface area contributed by atoms with Crippen LogP contribution in [0.2, 0.25) is 5.15 Å². The number of aromatic nitrogens is 2. The maximum absolute atomic E-state index is 6.25. The van der Waals surface area contributed by atoms with Crippen LogP contribution in [-0.4, -0.2) is 21.8 Å². The maximum atomic E-state index is 6.25. The molecule has 1 aromatic carbocycles. The van der Waals surface area contributed by atoms with E-state index in [1.165, 1.54) is 0 Å². The molecule has 1 aromatic heterocycles. The zero-order chi connectivity index (χ0) is 14.9. The molecule has 0 spiro atoms. The second-order valence-corrected chi connectivity index (χ2v) is 5.54. The van der Waals surface area contributed by atoms with E-state index in [1.54, 1.807) is 4.68 Å². The molecule has 106 valence electrons. The van der Waals surface area contributed by atoms with E-state index in [4.69, 9.17) is 29.6 Å². The highest BCUT2D eigenvalue weighted by molar-refractivity contribution is 7.80. The van der Waals surface area contributed by atoms with Crippen molar-refractivity contribution >= 4 is 34.5 Å². The molecule has 0 saturated heterocycles. The van der Waals surface area contributed by atoms with E-state index in [-0.39, 0.29) is 0 Å².